The van der Waals surface area contributed by atoms with Crippen molar-refractivity contribution >= 4 is 34.7 Å². The smallest absolute Gasteiger partial charge is 0.253 e. The van der Waals surface area contributed by atoms with Crippen molar-refractivity contribution in [3.05, 3.63) is 46.2 Å². The normalized spacial score (nSPS) is 18.4. The molecule has 1 saturated carbocycles. The van der Waals surface area contributed by atoms with Gasteiger partial charge in [-0.1, -0.05) is 36.7 Å². The van der Waals surface area contributed by atoms with E-state index in [-0.39, 0.29) is 17.7 Å². The lowest BCUT2D eigenvalue weighted by Crippen LogP contribution is -2.28. The van der Waals surface area contributed by atoms with Gasteiger partial charge in [0.1, 0.15) is 0 Å². The van der Waals surface area contributed by atoms with Crippen LogP contribution in [0.25, 0.3) is 0 Å². The number of aromatic nitrogens is 4. The summed E-state index contributed by atoms with van der Waals surface area (Å²) in [5, 5.41) is 21.3. The highest BCUT2D eigenvalue weighted by Crippen LogP contribution is 2.38. The molecule has 3 aromatic rings. The molecule has 0 unspecified atom stereocenters. The number of carbonyl (C=O) groups is 1. The fraction of sp³-hybridized carbons (Fsp3) is 0.435. The van der Waals surface area contributed by atoms with Crippen LogP contribution in [0.15, 0.2) is 46.0 Å². The molecule has 1 aromatic carbocycles. The predicted molar refractivity (Wildman–Crippen MR) is 131 cm³/mol. The van der Waals surface area contributed by atoms with Gasteiger partial charge in [-0.3, -0.25) is 4.79 Å². The van der Waals surface area contributed by atoms with Crippen molar-refractivity contribution in [3.63, 3.8) is 0 Å². The van der Waals surface area contributed by atoms with E-state index >= 15 is 0 Å². The fourth-order valence-electron chi connectivity index (χ4n) is 4.50. The third kappa shape index (κ3) is 4.54. The molecule has 1 atom stereocenters. The standard InChI is InChI=1S/C23H26N6O3S2/c1-31-19-10-9-15(12-20(19)32-2)18-13-17(21-8-5-11-33-21)25-29(18)22(30)14-34-23-24-26-27-28(23)16-6-3-4-7-16/h5,8-12,16,18H,3-4,6-7,13-14H2,1-2H3/t18-/m0/s1. The Labute approximate surface area is 206 Å². The highest BCUT2D eigenvalue weighted by Gasteiger charge is 2.34. The van der Waals surface area contributed by atoms with Gasteiger partial charge < -0.3 is 9.47 Å². The molecule has 178 valence electrons. The number of benzene rings is 1. The van der Waals surface area contributed by atoms with Crippen LogP contribution in [0.5, 0.6) is 11.5 Å². The van der Waals surface area contributed by atoms with E-state index in [1.807, 2.05) is 40.4 Å². The van der Waals surface area contributed by atoms with Gasteiger partial charge in [-0.2, -0.15) is 5.10 Å². The number of nitrogens with zero attached hydrogens (tertiary/aromatic N) is 6. The fourth-order valence-corrected chi connectivity index (χ4v) is 6.02. The number of methoxy groups -OCH3 is 2. The maximum absolute atomic E-state index is 13.4. The maximum atomic E-state index is 13.4. The largest absolute Gasteiger partial charge is 0.493 e. The number of hydrazone groups is 1. The van der Waals surface area contributed by atoms with E-state index in [4.69, 9.17) is 14.6 Å². The number of hydrogen-bond acceptors (Lipinski definition) is 9. The number of thioether (sulfide) groups is 1. The van der Waals surface area contributed by atoms with E-state index in [2.05, 4.69) is 15.5 Å². The molecule has 2 aromatic heterocycles. The number of carbonyl (C=O) groups excluding carboxylic acids is 1. The summed E-state index contributed by atoms with van der Waals surface area (Å²) in [6, 6.07) is 9.88. The molecule has 1 aliphatic carbocycles. The minimum atomic E-state index is -0.226. The molecule has 1 aliphatic heterocycles. The van der Waals surface area contributed by atoms with Gasteiger partial charge in [0.15, 0.2) is 11.5 Å². The molecular weight excluding hydrogens is 472 g/mol. The first-order chi connectivity index (χ1) is 16.7. The van der Waals surface area contributed by atoms with E-state index < -0.39 is 0 Å². The minimum absolute atomic E-state index is 0.0858. The Morgan fingerprint density at radius 1 is 1.18 bits per heavy atom. The molecule has 2 aliphatic rings. The first-order valence-corrected chi connectivity index (χ1v) is 13.1. The molecule has 0 saturated heterocycles. The summed E-state index contributed by atoms with van der Waals surface area (Å²) in [7, 11) is 3.22. The van der Waals surface area contributed by atoms with Crippen molar-refractivity contribution in [1.29, 1.82) is 0 Å². The van der Waals surface area contributed by atoms with Gasteiger partial charge in [0.2, 0.25) is 5.16 Å². The zero-order valence-electron chi connectivity index (χ0n) is 19.1. The minimum Gasteiger partial charge on any atom is -0.493 e. The van der Waals surface area contributed by atoms with Gasteiger partial charge in [0.25, 0.3) is 5.91 Å². The predicted octanol–water partition coefficient (Wildman–Crippen LogP) is 4.34. The highest BCUT2D eigenvalue weighted by molar-refractivity contribution is 7.99. The molecule has 0 radical (unpaired) electrons. The van der Waals surface area contributed by atoms with Crippen LogP contribution in [0.3, 0.4) is 0 Å². The molecule has 34 heavy (non-hydrogen) atoms. The molecule has 0 N–H and O–H groups in total. The van der Waals surface area contributed by atoms with Crippen LogP contribution in [0, 0.1) is 0 Å². The Kier molecular flexibility index (Phi) is 6.82. The summed E-state index contributed by atoms with van der Waals surface area (Å²) >= 11 is 2.99. The number of hydrogen-bond donors (Lipinski definition) is 0. The maximum Gasteiger partial charge on any atom is 0.253 e. The monoisotopic (exact) mass is 498 g/mol. The number of thiophene rings is 1. The second-order valence-corrected chi connectivity index (χ2v) is 10.1. The summed E-state index contributed by atoms with van der Waals surface area (Å²) in [4.78, 5) is 14.5. The molecule has 1 amide bonds. The van der Waals surface area contributed by atoms with Crippen molar-refractivity contribution in [2.75, 3.05) is 20.0 Å². The zero-order valence-corrected chi connectivity index (χ0v) is 20.7. The van der Waals surface area contributed by atoms with E-state index in [0.29, 0.717) is 29.1 Å². The average Bonchev–Trinajstić information content (AvgIpc) is 3.68. The first-order valence-electron chi connectivity index (χ1n) is 11.2. The van der Waals surface area contributed by atoms with Crippen LogP contribution >= 0.6 is 23.1 Å². The summed E-state index contributed by atoms with van der Waals surface area (Å²) in [6.07, 6.45) is 5.17. The van der Waals surface area contributed by atoms with Crippen LogP contribution in [0.4, 0.5) is 0 Å². The molecule has 3 heterocycles. The average molecular weight is 499 g/mol. The van der Waals surface area contributed by atoms with Crippen LogP contribution in [-0.2, 0) is 4.79 Å². The molecule has 1 fully saturated rings. The quantitative estimate of drug-likeness (QED) is 0.427. The van der Waals surface area contributed by atoms with Gasteiger partial charge in [-0.25, -0.2) is 9.69 Å². The molecule has 0 spiro atoms. The Morgan fingerprint density at radius 3 is 2.74 bits per heavy atom. The topological polar surface area (TPSA) is 94.7 Å². The van der Waals surface area contributed by atoms with Gasteiger partial charge in [0, 0.05) is 6.42 Å². The lowest BCUT2D eigenvalue weighted by atomic mass is 10.0. The first kappa shape index (κ1) is 22.9. The molecule has 0 bridgehead atoms. The number of rotatable bonds is 8. The van der Waals surface area contributed by atoms with Gasteiger partial charge in [0.05, 0.1) is 42.6 Å². The van der Waals surface area contributed by atoms with E-state index in [9.17, 15) is 4.79 Å². The van der Waals surface area contributed by atoms with Crippen LogP contribution in [0.2, 0.25) is 0 Å². The lowest BCUT2D eigenvalue weighted by Gasteiger charge is -2.23. The Bertz CT molecular complexity index is 1170. The highest BCUT2D eigenvalue weighted by atomic mass is 32.2. The van der Waals surface area contributed by atoms with Gasteiger partial charge >= 0.3 is 0 Å². The van der Waals surface area contributed by atoms with E-state index in [1.165, 1.54) is 24.6 Å². The van der Waals surface area contributed by atoms with Crippen LogP contribution in [0.1, 0.15) is 54.6 Å². The van der Waals surface area contributed by atoms with Crippen molar-refractivity contribution in [2.24, 2.45) is 5.10 Å². The van der Waals surface area contributed by atoms with Crippen molar-refractivity contribution < 1.29 is 14.3 Å². The SMILES string of the molecule is COc1ccc([C@@H]2CC(c3cccs3)=NN2C(=O)CSc2nnnn2C2CCCC2)cc1OC. The second-order valence-electron chi connectivity index (χ2n) is 8.23. The van der Waals surface area contributed by atoms with Gasteiger partial charge in [-0.15, -0.1) is 16.4 Å². The van der Waals surface area contributed by atoms with Crippen LogP contribution < -0.4 is 9.47 Å². The van der Waals surface area contributed by atoms with Gasteiger partial charge in [-0.05, 0) is 52.4 Å². The number of tetrazole rings is 1. The Morgan fingerprint density at radius 2 is 2.00 bits per heavy atom. The lowest BCUT2D eigenvalue weighted by molar-refractivity contribution is -0.130. The van der Waals surface area contributed by atoms with E-state index in [1.54, 1.807) is 30.6 Å². The molecule has 11 heteroatoms. The van der Waals surface area contributed by atoms with Crippen molar-refractivity contribution in [1.82, 2.24) is 25.2 Å². The molecule has 9 nitrogen and oxygen atoms in total. The number of ether oxygens (including phenoxy) is 2. The third-order valence-electron chi connectivity index (χ3n) is 6.22. The van der Waals surface area contributed by atoms with E-state index in [0.717, 1.165) is 29.0 Å². The van der Waals surface area contributed by atoms with Crippen molar-refractivity contribution in [3.8, 4) is 11.5 Å². The summed E-state index contributed by atoms with van der Waals surface area (Å²) in [5.74, 6) is 1.40. The summed E-state index contributed by atoms with van der Waals surface area (Å²) in [5.41, 5.74) is 1.85. The summed E-state index contributed by atoms with van der Waals surface area (Å²) < 4.78 is 12.8. The molecule has 5 rings (SSSR count). The van der Waals surface area contributed by atoms with Crippen molar-refractivity contribution in [2.45, 2.75) is 49.3 Å². The number of amides is 1. The zero-order chi connectivity index (χ0) is 23.5. The third-order valence-corrected chi connectivity index (χ3v) is 8.06. The Hall–Kier alpha value is -2.92. The summed E-state index contributed by atoms with van der Waals surface area (Å²) in [6.45, 7) is 0. The molecular formula is C23H26N6O3S2. The Balaban J connectivity index is 1.37. The second kappa shape index (κ2) is 10.1. The van der Waals surface area contributed by atoms with Crippen LogP contribution in [-0.4, -0.2) is 56.8 Å².